The molecule has 0 aromatic heterocycles. The molecule has 1 aromatic carbocycles. The van der Waals surface area contributed by atoms with E-state index in [1.807, 2.05) is 6.92 Å². The van der Waals surface area contributed by atoms with Crippen LogP contribution in [-0.4, -0.2) is 18.1 Å². The van der Waals surface area contributed by atoms with Crippen LogP contribution in [0.5, 0.6) is 5.75 Å². The lowest BCUT2D eigenvalue weighted by atomic mass is 10.2. The van der Waals surface area contributed by atoms with Crippen LogP contribution in [-0.2, 0) is 6.54 Å². The zero-order valence-electron chi connectivity index (χ0n) is 11.2. The van der Waals surface area contributed by atoms with Crippen LogP contribution in [0.2, 0.25) is 0 Å². The van der Waals surface area contributed by atoms with E-state index in [4.69, 9.17) is 4.74 Å². The summed E-state index contributed by atoms with van der Waals surface area (Å²) in [7, 11) is 0. The summed E-state index contributed by atoms with van der Waals surface area (Å²) < 4.78 is 5.45. The highest BCUT2D eigenvalue weighted by molar-refractivity contribution is 5.48. The Morgan fingerprint density at radius 1 is 1.47 bits per heavy atom. The average Bonchev–Trinajstić information content (AvgIpc) is 2.41. The van der Waals surface area contributed by atoms with E-state index in [9.17, 15) is 10.1 Å². The van der Waals surface area contributed by atoms with E-state index in [1.165, 1.54) is 6.07 Å². The Morgan fingerprint density at radius 2 is 2.26 bits per heavy atom. The standard InChI is InChI=1S/C14H18N2O3/c1-3-5-6-9-19-14-10-12(11-15-4-2)7-8-13(14)16(17)18/h7-8,10,15H,4,6,9,11H2,1-2H3. The molecule has 1 aromatic rings. The molecule has 0 bridgehead atoms. The SMILES string of the molecule is CC#CCCOc1cc(CNCC)ccc1[N+](=O)[O-]. The number of nitrogens with one attached hydrogen (secondary N) is 1. The Labute approximate surface area is 113 Å². The average molecular weight is 262 g/mol. The van der Waals surface area contributed by atoms with Gasteiger partial charge in [0, 0.05) is 19.0 Å². The zero-order valence-corrected chi connectivity index (χ0v) is 11.2. The van der Waals surface area contributed by atoms with Gasteiger partial charge in [-0.15, -0.1) is 11.8 Å². The van der Waals surface area contributed by atoms with Crippen LogP contribution < -0.4 is 10.1 Å². The second-order valence-electron chi connectivity index (χ2n) is 3.86. The fourth-order valence-corrected chi connectivity index (χ4v) is 1.54. The molecule has 0 atom stereocenters. The molecular formula is C14H18N2O3. The molecule has 0 saturated carbocycles. The first-order valence-corrected chi connectivity index (χ1v) is 6.19. The van der Waals surface area contributed by atoms with Gasteiger partial charge in [-0.05, 0) is 25.1 Å². The second kappa shape index (κ2) is 8.11. The van der Waals surface area contributed by atoms with Gasteiger partial charge >= 0.3 is 5.69 Å². The number of benzene rings is 1. The van der Waals surface area contributed by atoms with Crippen molar-refractivity contribution in [3.63, 3.8) is 0 Å². The molecule has 0 heterocycles. The molecule has 1 N–H and O–H groups in total. The molecule has 0 aliphatic heterocycles. The predicted octanol–water partition coefficient (Wildman–Crippen LogP) is 2.50. The van der Waals surface area contributed by atoms with Gasteiger partial charge in [0.25, 0.3) is 0 Å². The number of hydrogen-bond acceptors (Lipinski definition) is 4. The van der Waals surface area contributed by atoms with Crippen molar-refractivity contribution in [1.82, 2.24) is 5.32 Å². The molecule has 5 heteroatoms. The minimum atomic E-state index is -0.433. The Balaban J connectivity index is 2.81. The van der Waals surface area contributed by atoms with E-state index < -0.39 is 4.92 Å². The molecular weight excluding hydrogens is 244 g/mol. The van der Waals surface area contributed by atoms with Gasteiger partial charge < -0.3 is 10.1 Å². The Morgan fingerprint density at radius 3 is 2.89 bits per heavy atom. The summed E-state index contributed by atoms with van der Waals surface area (Å²) in [5.41, 5.74) is 0.953. The number of nitro groups is 1. The predicted molar refractivity (Wildman–Crippen MR) is 74.0 cm³/mol. The van der Waals surface area contributed by atoms with Crippen molar-refractivity contribution < 1.29 is 9.66 Å². The Kier molecular flexibility index (Phi) is 6.41. The molecule has 102 valence electrons. The van der Waals surface area contributed by atoms with Crippen molar-refractivity contribution in [2.75, 3.05) is 13.2 Å². The van der Waals surface area contributed by atoms with E-state index in [0.717, 1.165) is 12.1 Å². The Hall–Kier alpha value is -2.06. The first-order chi connectivity index (χ1) is 9.19. The number of rotatable bonds is 7. The normalized spacial score (nSPS) is 9.58. The molecule has 19 heavy (non-hydrogen) atoms. The first kappa shape index (κ1) is 15.0. The molecule has 0 spiro atoms. The van der Waals surface area contributed by atoms with Gasteiger partial charge in [0.05, 0.1) is 11.5 Å². The molecule has 0 saturated heterocycles. The van der Waals surface area contributed by atoms with Crippen LogP contribution in [0.25, 0.3) is 0 Å². The summed E-state index contributed by atoms with van der Waals surface area (Å²) in [4.78, 5) is 10.5. The van der Waals surface area contributed by atoms with Gasteiger partial charge in [-0.3, -0.25) is 10.1 Å². The highest BCUT2D eigenvalue weighted by atomic mass is 16.6. The lowest BCUT2D eigenvalue weighted by Crippen LogP contribution is -2.12. The topological polar surface area (TPSA) is 64.4 Å². The Bertz CT molecular complexity index is 489. The van der Waals surface area contributed by atoms with Gasteiger partial charge in [-0.25, -0.2) is 0 Å². The largest absolute Gasteiger partial charge is 0.486 e. The highest BCUT2D eigenvalue weighted by Gasteiger charge is 2.15. The fraction of sp³-hybridized carbons (Fsp3) is 0.429. The first-order valence-electron chi connectivity index (χ1n) is 6.19. The van der Waals surface area contributed by atoms with Crippen LogP contribution in [0.1, 0.15) is 25.8 Å². The smallest absolute Gasteiger partial charge is 0.310 e. The van der Waals surface area contributed by atoms with Gasteiger partial charge in [0.2, 0.25) is 0 Å². The molecule has 0 fully saturated rings. The van der Waals surface area contributed by atoms with E-state index in [1.54, 1.807) is 19.1 Å². The maximum Gasteiger partial charge on any atom is 0.310 e. The summed E-state index contributed by atoms with van der Waals surface area (Å²) >= 11 is 0. The quantitative estimate of drug-likeness (QED) is 0.355. The second-order valence-corrected chi connectivity index (χ2v) is 3.86. The van der Waals surface area contributed by atoms with Crippen LogP contribution in [0.15, 0.2) is 18.2 Å². The minimum Gasteiger partial charge on any atom is -0.486 e. The van der Waals surface area contributed by atoms with Crippen LogP contribution in [0.3, 0.4) is 0 Å². The van der Waals surface area contributed by atoms with Crippen molar-refractivity contribution in [2.45, 2.75) is 26.8 Å². The molecule has 0 radical (unpaired) electrons. The van der Waals surface area contributed by atoms with Crippen molar-refractivity contribution >= 4 is 5.69 Å². The lowest BCUT2D eigenvalue weighted by molar-refractivity contribution is -0.385. The molecule has 0 unspecified atom stereocenters. The van der Waals surface area contributed by atoms with Gasteiger partial charge in [-0.1, -0.05) is 13.0 Å². The maximum absolute atomic E-state index is 10.9. The number of nitro benzene ring substituents is 1. The van der Waals surface area contributed by atoms with Crippen molar-refractivity contribution in [3.8, 4) is 17.6 Å². The monoisotopic (exact) mass is 262 g/mol. The van der Waals surface area contributed by atoms with Crippen molar-refractivity contribution in [3.05, 3.63) is 33.9 Å². The molecule has 0 aliphatic carbocycles. The molecule has 1 rings (SSSR count). The third-order valence-electron chi connectivity index (χ3n) is 2.46. The van der Waals surface area contributed by atoms with Gasteiger partial charge in [-0.2, -0.15) is 0 Å². The van der Waals surface area contributed by atoms with Crippen molar-refractivity contribution in [1.29, 1.82) is 0 Å². The zero-order chi connectivity index (χ0) is 14.1. The number of nitrogens with zero attached hydrogens (tertiary/aromatic N) is 1. The third-order valence-corrected chi connectivity index (χ3v) is 2.46. The van der Waals surface area contributed by atoms with E-state index in [2.05, 4.69) is 17.2 Å². The maximum atomic E-state index is 10.9. The van der Waals surface area contributed by atoms with Crippen LogP contribution in [0.4, 0.5) is 5.69 Å². The summed E-state index contributed by atoms with van der Waals surface area (Å²) in [6.07, 6.45) is 0.561. The summed E-state index contributed by atoms with van der Waals surface area (Å²) in [5.74, 6) is 5.92. The summed E-state index contributed by atoms with van der Waals surface area (Å²) in [6, 6.07) is 4.92. The van der Waals surface area contributed by atoms with E-state index in [-0.39, 0.29) is 5.69 Å². The lowest BCUT2D eigenvalue weighted by Gasteiger charge is -2.08. The van der Waals surface area contributed by atoms with Crippen LogP contribution >= 0.6 is 0 Å². The third kappa shape index (κ3) is 4.98. The molecule has 0 aliphatic rings. The summed E-state index contributed by atoms with van der Waals surface area (Å²) in [5, 5.41) is 14.1. The number of ether oxygens (including phenoxy) is 1. The number of hydrogen-bond donors (Lipinski definition) is 1. The van der Waals surface area contributed by atoms with Crippen molar-refractivity contribution in [2.24, 2.45) is 0 Å². The van der Waals surface area contributed by atoms with E-state index >= 15 is 0 Å². The van der Waals surface area contributed by atoms with E-state index in [0.29, 0.717) is 25.3 Å². The van der Waals surface area contributed by atoms with Gasteiger partial charge in [0.15, 0.2) is 5.75 Å². The molecule has 5 nitrogen and oxygen atoms in total. The minimum absolute atomic E-state index is 0.00953. The van der Waals surface area contributed by atoms with Gasteiger partial charge in [0.1, 0.15) is 0 Å². The highest BCUT2D eigenvalue weighted by Crippen LogP contribution is 2.28. The van der Waals surface area contributed by atoms with Crippen LogP contribution in [0, 0.1) is 22.0 Å². The summed E-state index contributed by atoms with van der Waals surface area (Å²) in [6.45, 7) is 5.62. The fourth-order valence-electron chi connectivity index (χ4n) is 1.54. The molecule has 0 amide bonds.